The third-order valence-corrected chi connectivity index (χ3v) is 4.99. The third-order valence-electron chi connectivity index (χ3n) is 4.99. The Morgan fingerprint density at radius 3 is 2.25 bits per heavy atom. The van der Waals surface area contributed by atoms with Gasteiger partial charge in [-0.2, -0.15) is 0 Å². The van der Waals surface area contributed by atoms with E-state index in [0.717, 1.165) is 18.3 Å². The lowest BCUT2D eigenvalue weighted by atomic mass is 9.64. The Morgan fingerprint density at radius 2 is 1.75 bits per heavy atom. The number of fused-ring (bicyclic) bond motifs is 1. The molecular weight excluding hydrogens is 240 g/mol. The minimum absolute atomic E-state index is 0.243. The van der Waals surface area contributed by atoms with Gasteiger partial charge in [-0.05, 0) is 53.2 Å². The van der Waals surface area contributed by atoms with Crippen LogP contribution in [0.15, 0.2) is 42.0 Å². The van der Waals surface area contributed by atoms with Gasteiger partial charge in [0.15, 0.2) is 0 Å². The van der Waals surface area contributed by atoms with Crippen LogP contribution < -0.4 is 0 Å². The predicted molar refractivity (Wildman–Crippen MR) is 87.7 cm³/mol. The van der Waals surface area contributed by atoms with E-state index < -0.39 is 0 Å². The highest BCUT2D eigenvalue weighted by atomic mass is 14.4. The predicted octanol–water partition coefficient (Wildman–Crippen LogP) is 5.74. The van der Waals surface area contributed by atoms with E-state index in [4.69, 9.17) is 0 Å². The first-order chi connectivity index (χ1) is 9.49. The van der Waals surface area contributed by atoms with E-state index in [0.29, 0.717) is 0 Å². The van der Waals surface area contributed by atoms with Crippen LogP contribution in [-0.4, -0.2) is 0 Å². The molecule has 3 rings (SSSR count). The zero-order valence-electron chi connectivity index (χ0n) is 13.2. The molecule has 0 bridgehead atoms. The highest BCUT2D eigenvalue weighted by molar-refractivity contribution is 5.73. The van der Waals surface area contributed by atoms with Gasteiger partial charge in [0.25, 0.3) is 0 Å². The minimum atomic E-state index is 0.243. The summed E-state index contributed by atoms with van der Waals surface area (Å²) in [4.78, 5) is 0. The number of rotatable bonds is 2. The zero-order chi connectivity index (χ0) is 14.3. The number of allylic oxidation sites excluding steroid dienone is 4. The molecule has 0 aliphatic heterocycles. The summed E-state index contributed by atoms with van der Waals surface area (Å²) in [6, 6.07) is 9.29. The highest BCUT2D eigenvalue weighted by Crippen LogP contribution is 2.48. The van der Waals surface area contributed by atoms with Crippen LogP contribution in [0.5, 0.6) is 0 Å². The highest BCUT2D eigenvalue weighted by Gasteiger charge is 2.35. The first kappa shape index (κ1) is 13.7. The number of hydrogen-bond acceptors (Lipinski definition) is 0. The molecule has 20 heavy (non-hydrogen) atoms. The van der Waals surface area contributed by atoms with Crippen molar-refractivity contribution in [1.29, 1.82) is 0 Å². The molecule has 2 atom stereocenters. The van der Waals surface area contributed by atoms with Gasteiger partial charge in [0, 0.05) is 0 Å². The van der Waals surface area contributed by atoms with Crippen molar-refractivity contribution in [3.8, 4) is 0 Å². The van der Waals surface area contributed by atoms with Gasteiger partial charge in [-0.15, -0.1) is 0 Å². The zero-order valence-corrected chi connectivity index (χ0v) is 13.2. The summed E-state index contributed by atoms with van der Waals surface area (Å²) in [6.07, 6.45) is 8.87. The Balaban J connectivity index is 1.92. The van der Waals surface area contributed by atoms with Crippen molar-refractivity contribution >= 4 is 5.57 Å². The second-order valence-electron chi connectivity index (χ2n) is 7.37. The van der Waals surface area contributed by atoms with Crippen LogP contribution in [0.1, 0.15) is 58.1 Å². The lowest BCUT2D eigenvalue weighted by molar-refractivity contribution is 0.292. The first-order valence-electron chi connectivity index (χ1n) is 8.02. The molecule has 0 nitrogen and oxygen atoms in total. The normalized spacial score (nSPS) is 25.4. The van der Waals surface area contributed by atoms with Crippen LogP contribution in [0.2, 0.25) is 0 Å². The topological polar surface area (TPSA) is 0 Å². The summed E-state index contributed by atoms with van der Waals surface area (Å²) in [5, 5.41) is 0. The van der Waals surface area contributed by atoms with E-state index in [1.807, 2.05) is 0 Å². The van der Waals surface area contributed by atoms with Crippen molar-refractivity contribution in [2.45, 2.75) is 52.4 Å². The van der Waals surface area contributed by atoms with E-state index in [-0.39, 0.29) is 5.41 Å². The van der Waals surface area contributed by atoms with Gasteiger partial charge in [-0.3, -0.25) is 0 Å². The number of benzene rings is 1. The van der Waals surface area contributed by atoms with Crippen LogP contribution in [-0.2, 0) is 5.41 Å². The van der Waals surface area contributed by atoms with Gasteiger partial charge in [0.05, 0.1) is 0 Å². The van der Waals surface area contributed by atoms with Crippen molar-refractivity contribution in [2.24, 2.45) is 11.8 Å². The fourth-order valence-corrected chi connectivity index (χ4v) is 3.42. The standard InChI is InChI=1S/C20H26/c1-5-14-12-16-8-11-18(16)19(13-14)15-6-9-17(10-7-15)20(2,3)4/h6-7,9-10,12-13,16,18H,5,8,11H2,1-4H3. The van der Waals surface area contributed by atoms with E-state index in [1.54, 1.807) is 5.57 Å². The molecule has 2 unspecified atom stereocenters. The SMILES string of the molecule is CCC1=CC2CCC2C(c2ccc(C(C)(C)C)cc2)=C1. The molecule has 2 aliphatic carbocycles. The van der Waals surface area contributed by atoms with Crippen molar-refractivity contribution in [3.05, 3.63) is 53.1 Å². The maximum atomic E-state index is 2.52. The van der Waals surface area contributed by atoms with Crippen molar-refractivity contribution in [2.75, 3.05) is 0 Å². The Hall–Kier alpha value is -1.30. The molecule has 1 fully saturated rings. The van der Waals surface area contributed by atoms with Gasteiger partial charge in [0.1, 0.15) is 0 Å². The summed E-state index contributed by atoms with van der Waals surface area (Å²) >= 11 is 0. The van der Waals surface area contributed by atoms with Crippen LogP contribution in [0.3, 0.4) is 0 Å². The van der Waals surface area contributed by atoms with E-state index >= 15 is 0 Å². The summed E-state index contributed by atoms with van der Waals surface area (Å²) in [5.74, 6) is 1.60. The average molecular weight is 266 g/mol. The maximum Gasteiger partial charge on any atom is -0.00925 e. The smallest absolute Gasteiger partial charge is 0.00925 e. The lowest BCUT2D eigenvalue weighted by Crippen LogP contribution is -2.28. The molecule has 0 N–H and O–H groups in total. The molecular formula is C20H26. The van der Waals surface area contributed by atoms with E-state index in [9.17, 15) is 0 Å². The second-order valence-corrected chi connectivity index (χ2v) is 7.37. The minimum Gasteiger partial charge on any atom is -0.0776 e. The van der Waals surface area contributed by atoms with Gasteiger partial charge in [-0.25, -0.2) is 0 Å². The van der Waals surface area contributed by atoms with Crippen molar-refractivity contribution in [3.63, 3.8) is 0 Å². The molecule has 1 saturated carbocycles. The Kier molecular flexibility index (Phi) is 3.36. The molecule has 2 aliphatic rings. The monoisotopic (exact) mass is 266 g/mol. The van der Waals surface area contributed by atoms with Crippen molar-refractivity contribution < 1.29 is 0 Å². The molecule has 0 heterocycles. The van der Waals surface area contributed by atoms with Gasteiger partial charge in [-0.1, -0.05) is 69.7 Å². The molecule has 106 valence electrons. The summed E-state index contributed by atoms with van der Waals surface area (Å²) in [6.45, 7) is 9.10. The van der Waals surface area contributed by atoms with Crippen LogP contribution in [0.25, 0.3) is 5.57 Å². The first-order valence-corrected chi connectivity index (χ1v) is 8.02. The van der Waals surface area contributed by atoms with Gasteiger partial charge >= 0.3 is 0 Å². The van der Waals surface area contributed by atoms with Gasteiger partial charge < -0.3 is 0 Å². The Bertz CT molecular complexity index is 549. The second kappa shape index (κ2) is 4.91. The maximum absolute atomic E-state index is 2.52. The average Bonchev–Trinajstić information content (AvgIpc) is 2.39. The van der Waals surface area contributed by atoms with Crippen molar-refractivity contribution in [1.82, 2.24) is 0 Å². The van der Waals surface area contributed by atoms with Crippen LogP contribution >= 0.6 is 0 Å². The summed E-state index contributed by atoms with van der Waals surface area (Å²) < 4.78 is 0. The molecule has 0 heteroatoms. The van der Waals surface area contributed by atoms with E-state index in [2.05, 4.69) is 64.1 Å². The molecule has 0 radical (unpaired) electrons. The number of hydrogen-bond donors (Lipinski definition) is 0. The van der Waals surface area contributed by atoms with Crippen LogP contribution in [0, 0.1) is 11.8 Å². The van der Waals surface area contributed by atoms with Crippen LogP contribution in [0.4, 0.5) is 0 Å². The summed E-state index contributed by atoms with van der Waals surface area (Å²) in [7, 11) is 0. The molecule has 0 aromatic heterocycles. The Morgan fingerprint density at radius 1 is 1.05 bits per heavy atom. The quantitative estimate of drug-likeness (QED) is 0.640. The van der Waals surface area contributed by atoms with E-state index in [1.165, 1.54) is 29.5 Å². The van der Waals surface area contributed by atoms with Gasteiger partial charge in [0.2, 0.25) is 0 Å². The Labute approximate surface area is 123 Å². The molecule has 0 saturated heterocycles. The third kappa shape index (κ3) is 2.37. The largest absolute Gasteiger partial charge is 0.0776 e. The fraction of sp³-hybridized carbons (Fsp3) is 0.500. The molecule has 0 spiro atoms. The molecule has 1 aromatic carbocycles. The fourth-order valence-electron chi connectivity index (χ4n) is 3.42. The lowest BCUT2D eigenvalue weighted by Gasteiger charge is -2.40. The molecule has 0 amide bonds. The summed E-state index contributed by atoms with van der Waals surface area (Å²) in [5.41, 5.74) is 6.22. The molecule has 1 aromatic rings.